The van der Waals surface area contributed by atoms with E-state index < -0.39 is 0 Å². The third kappa shape index (κ3) is 2.43. The number of halogens is 1. The van der Waals surface area contributed by atoms with E-state index in [1.54, 1.807) is 6.07 Å². The normalized spacial score (nSPS) is 10.0. The van der Waals surface area contributed by atoms with Crippen molar-refractivity contribution < 1.29 is 14.6 Å². The van der Waals surface area contributed by atoms with Crippen LogP contribution in [0.15, 0.2) is 6.07 Å². The molecule has 0 bridgehead atoms. The van der Waals surface area contributed by atoms with Gasteiger partial charge in [-0.3, -0.25) is 0 Å². The Labute approximate surface area is 99.1 Å². The van der Waals surface area contributed by atoms with Crippen molar-refractivity contribution in [3.05, 3.63) is 11.1 Å². The van der Waals surface area contributed by atoms with Gasteiger partial charge >= 0.3 is 0 Å². The van der Waals surface area contributed by atoms with Gasteiger partial charge in [0.05, 0.1) is 31.5 Å². The Morgan fingerprint density at radius 1 is 1.38 bits per heavy atom. The molecule has 0 saturated heterocycles. The van der Waals surface area contributed by atoms with Crippen molar-refractivity contribution >= 4 is 23.0 Å². The van der Waals surface area contributed by atoms with E-state index >= 15 is 0 Å². The molecule has 0 spiro atoms. The van der Waals surface area contributed by atoms with E-state index in [-0.39, 0.29) is 6.61 Å². The number of hydrogen-bond donors (Lipinski definition) is 3. The van der Waals surface area contributed by atoms with Crippen LogP contribution in [-0.2, 0) is 0 Å². The summed E-state index contributed by atoms with van der Waals surface area (Å²) in [4.78, 5) is 0. The van der Waals surface area contributed by atoms with Gasteiger partial charge in [-0.15, -0.1) is 0 Å². The number of hydrogen-bond acceptors (Lipinski definition) is 5. The predicted molar refractivity (Wildman–Crippen MR) is 64.5 cm³/mol. The third-order valence-electron chi connectivity index (χ3n) is 2.06. The van der Waals surface area contributed by atoms with Crippen LogP contribution in [0.3, 0.4) is 0 Å². The maximum absolute atomic E-state index is 8.74. The van der Waals surface area contributed by atoms with Gasteiger partial charge in [0.1, 0.15) is 5.69 Å². The van der Waals surface area contributed by atoms with Gasteiger partial charge in [-0.2, -0.15) is 0 Å². The summed E-state index contributed by atoms with van der Waals surface area (Å²) in [5.41, 5.74) is 6.80. The number of aliphatic hydroxyl groups excluding tert-OH is 1. The standard InChI is InChI=1S/C10H15ClN2O3/c1-15-9-6(11)5-7(13-3-4-14)10(16-2)8(9)12/h5,13-14H,3-4,12H2,1-2H3. The van der Waals surface area contributed by atoms with Gasteiger partial charge < -0.3 is 25.6 Å². The lowest BCUT2D eigenvalue weighted by Gasteiger charge is -2.16. The highest BCUT2D eigenvalue weighted by Gasteiger charge is 2.16. The van der Waals surface area contributed by atoms with Gasteiger partial charge in [0, 0.05) is 6.54 Å². The maximum atomic E-state index is 8.74. The second-order valence-electron chi connectivity index (χ2n) is 3.04. The van der Waals surface area contributed by atoms with Gasteiger partial charge in [-0.05, 0) is 6.07 Å². The number of aliphatic hydroxyl groups is 1. The zero-order chi connectivity index (χ0) is 12.1. The van der Waals surface area contributed by atoms with E-state index in [4.69, 9.17) is 31.9 Å². The van der Waals surface area contributed by atoms with E-state index in [0.29, 0.717) is 34.4 Å². The van der Waals surface area contributed by atoms with Gasteiger partial charge in [-0.25, -0.2) is 0 Å². The van der Waals surface area contributed by atoms with Gasteiger partial charge in [0.25, 0.3) is 0 Å². The molecule has 5 nitrogen and oxygen atoms in total. The summed E-state index contributed by atoms with van der Waals surface area (Å²) >= 11 is 5.98. The minimum Gasteiger partial charge on any atom is -0.493 e. The fourth-order valence-electron chi connectivity index (χ4n) is 1.38. The molecule has 1 aromatic rings. The molecule has 0 aliphatic rings. The summed E-state index contributed by atoms with van der Waals surface area (Å²) in [6.45, 7) is 0.394. The van der Waals surface area contributed by atoms with E-state index in [1.807, 2.05) is 0 Å². The highest BCUT2D eigenvalue weighted by atomic mass is 35.5. The Hall–Kier alpha value is -1.33. The molecule has 16 heavy (non-hydrogen) atoms. The number of nitrogen functional groups attached to an aromatic ring is 1. The average molecular weight is 247 g/mol. The topological polar surface area (TPSA) is 76.7 Å². The molecule has 0 atom stereocenters. The molecule has 0 saturated carbocycles. The number of benzene rings is 1. The van der Waals surface area contributed by atoms with Crippen LogP contribution >= 0.6 is 11.6 Å². The fraction of sp³-hybridized carbons (Fsp3) is 0.400. The number of nitrogens with two attached hydrogens (primary N) is 1. The monoisotopic (exact) mass is 246 g/mol. The van der Waals surface area contributed by atoms with Crippen molar-refractivity contribution in [2.75, 3.05) is 38.4 Å². The molecule has 90 valence electrons. The van der Waals surface area contributed by atoms with E-state index in [0.717, 1.165) is 0 Å². The van der Waals surface area contributed by atoms with Gasteiger partial charge in [0.2, 0.25) is 0 Å². The molecule has 1 aromatic carbocycles. The number of nitrogens with one attached hydrogen (secondary N) is 1. The molecule has 0 radical (unpaired) electrons. The van der Waals surface area contributed by atoms with Crippen LogP contribution in [0.2, 0.25) is 5.02 Å². The summed E-state index contributed by atoms with van der Waals surface area (Å²) in [6, 6.07) is 1.64. The molecular weight excluding hydrogens is 232 g/mol. The zero-order valence-electron chi connectivity index (χ0n) is 9.21. The summed E-state index contributed by atoms with van der Waals surface area (Å²) < 4.78 is 10.2. The number of anilines is 2. The molecule has 0 aliphatic carbocycles. The van der Waals surface area contributed by atoms with Crippen LogP contribution in [0.1, 0.15) is 0 Å². The Bertz CT molecular complexity index is 372. The molecule has 0 heterocycles. The minimum absolute atomic E-state index is 0.00665. The molecule has 6 heteroatoms. The maximum Gasteiger partial charge on any atom is 0.168 e. The lowest BCUT2D eigenvalue weighted by Crippen LogP contribution is -2.08. The Kier molecular flexibility index (Phi) is 4.52. The molecule has 1 rings (SSSR count). The summed E-state index contributed by atoms with van der Waals surface area (Å²) in [6.07, 6.45) is 0. The largest absolute Gasteiger partial charge is 0.493 e. The van der Waals surface area contributed by atoms with Crippen LogP contribution in [0.4, 0.5) is 11.4 Å². The molecule has 0 aromatic heterocycles. The summed E-state index contributed by atoms with van der Waals surface area (Å²) in [5, 5.41) is 12.1. The Morgan fingerprint density at radius 2 is 2.00 bits per heavy atom. The highest BCUT2D eigenvalue weighted by molar-refractivity contribution is 6.33. The highest BCUT2D eigenvalue weighted by Crippen LogP contribution is 2.43. The van der Waals surface area contributed by atoms with E-state index in [1.165, 1.54) is 14.2 Å². The molecule has 4 N–H and O–H groups in total. The third-order valence-corrected chi connectivity index (χ3v) is 2.34. The molecule has 0 amide bonds. The van der Waals surface area contributed by atoms with Crippen LogP contribution in [-0.4, -0.2) is 32.5 Å². The van der Waals surface area contributed by atoms with Gasteiger partial charge in [-0.1, -0.05) is 11.6 Å². The first-order chi connectivity index (χ1) is 7.65. The van der Waals surface area contributed by atoms with E-state index in [9.17, 15) is 0 Å². The number of rotatable bonds is 5. The van der Waals surface area contributed by atoms with Crippen molar-refractivity contribution in [3.8, 4) is 11.5 Å². The molecule has 0 aliphatic heterocycles. The smallest absolute Gasteiger partial charge is 0.168 e. The number of ether oxygens (including phenoxy) is 2. The average Bonchev–Trinajstić information content (AvgIpc) is 2.26. The zero-order valence-corrected chi connectivity index (χ0v) is 9.97. The summed E-state index contributed by atoms with van der Waals surface area (Å²) in [5.74, 6) is 0.836. The number of methoxy groups -OCH3 is 2. The molecular formula is C10H15ClN2O3. The van der Waals surface area contributed by atoms with Gasteiger partial charge in [0.15, 0.2) is 11.5 Å². The first-order valence-corrected chi connectivity index (χ1v) is 5.08. The van der Waals surface area contributed by atoms with Crippen molar-refractivity contribution in [1.29, 1.82) is 0 Å². The minimum atomic E-state index is 0.00665. The Balaban J connectivity index is 3.18. The lowest BCUT2D eigenvalue weighted by molar-refractivity contribution is 0.311. The second kappa shape index (κ2) is 5.67. The van der Waals surface area contributed by atoms with Crippen molar-refractivity contribution in [3.63, 3.8) is 0 Å². The van der Waals surface area contributed by atoms with Crippen molar-refractivity contribution in [2.24, 2.45) is 0 Å². The quantitative estimate of drug-likeness (QED) is 0.684. The lowest BCUT2D eigenvalue weighted by atomic mass is 10.2. The van der Waals surface area contributed by atoms with Crippen LogP contribution in [0.5, 0.6) is 11.5 Å². The second-order valence-corrected chi connectivity index (χ2v) is 3.44. The fourth-order valence-corrected chi connectivity index (χ4v) is 1.67. The van der Waals surface area contributed by atoms with Crippen molar-refractivity contribution in [2.45, 2.75) is 0 Å². The molecule has 0 fully saturated rings. The van der Waals surface area contributed by atoms with Crippen LogP contribution in [0, 0.1) is 0 Å². The molecule has 0 unspecified atom stereocenters. The van der Waals surface area contributed by atoms with Crippen LogP contribution < -0.4 is 20.5 Å². The van der Waals surface area contributed by atoms with Crippen LogP contribution in [0.25, 0.3) is 0 Å². The van der Waals surface area contributed by atoms with Crippen molar-refractivity contribution in [1.82, 2.24) is 0 Å². The SMILES string of the molecule is COc1c(Cl)cc(NCCO)c(OC)c1N. The summed E-state index contributed by atoms with van der Waals surface area (Å²) in [7, 11) is 2.99. The first-order valence-electron chi connectivity index (χ1n) is 4.70. The first kappa shape index (κ1) is 12.7. The van der Waals surface area contributed by atoms with E-state index in [2.05, 4.69) is 5.32 Å². The predicted octanol–water partition coefficient (Wildman–Crippen LogP) is 1.34. The Morgan fingerprint density at radius 3 is 2.50 bits per heavy atom.